The Labute approximate surface area is 202 Å². The van der Waals surface area contributed by atoms with E-state index in [9.17, 15) is 5.11 Å². The Bertz CT molecular complexity index is 978. The van der Waals surface area contributed by atoms with E-state index in [0.29, 0.717) is 24.4 Å². The molecule has 33 heavy (non-hydrogen) atoms. The highest BCUT2D eigenvalue weighted by Crippen LogP contribution is 2.49. The van der Waals surface area contributed by atoms with Gasteiger partial charge in [0.25, 0.3) is 0 Å². The van der Waals surface area contributed by atoms with E-state index in [0.717, 1.165) is 17.5 Å². The third-order valence-electron chi connectivity index (χ3n) is 6.48. The van der Waals surface area contributed by atoms with Crippen LogP contribution in [0.3, 0.4) is 0 Å². The fourth-order valence-corrected chi connectivity index (χ4v) is 6.30. The van der Waals surface area contributed by atoms with Gasteiger partial charge in [-0.15, -0.1) is 11.8 Å². The van der Waals surface area contributed by atoms with Crippen molar-refractivity contribution >= 4 is 11.8 Å². The molecule has 1 heterocycles. The topological polar surface area (TPSA) is 38.7 Å². The van der Waals surface area contributed by atoms with Crippen molar-refractivity contribution in [1.82, 2.24) is 0 Å². The normalized spacial score (nSPS) is 25.1. The first-order valence-electron chi connectivity index (χ1n) is 11.9. The van der Waals surface area contributed by atoms with Gasteiger partial charge in [-0.25, -0.2) is 0 Å². The lowest BCUT2D eigenvalue weighted by Gasteiger charge is -2.45. The van der Waals surface area contributed by atoms with Crippen LogP contribution in [0.1, 0.15) is 47.8 Å². The first-order valence-corrected chi connectivity index (χ1v) is 12.8. The molecule has 1 fully saturated rings. The molecule has 0 saturated carbocycles. The van der Waals surface area contributed by atoms with E-state index in [1.807, 2.05) is 36.0 Å². The van der Waals surface area contributed by atoms with Crippen LogP contribution in [0.15, 0.2) is 84.9 Å². The van der Waals surface area contributed by atoms with Crippen LogP contribution in [-0.4, -0.2) is 22.6 Å². The maximum Gasteiger partial charge on any atom is 0.100 e. The first kappa shape index (κ1) is 24.0. The van der Waals surface area contributed by atoms with Crippen molar-refractivity contribution in [2.75, 3.05) is 0 Å². The van der Waals surface area contributed by atoms with E-state index in [-0.39, 0.29) is 24.1 Å². The van der Waals surface area contributed by atoms with Crippen LogP contribution < -0.4 is 0 Å². The smallest absolute Gasteiger partial charge is 0.100 e. The monoisotopic (exact) mass is 462 g/mol. The highest BCUT2D eigenvalue weighted by molar-refractivity contribution is 8.00. The van der Waals surface area contributed by atoms with E-state index >= 15 is 0 Å². The van der Waals surface area contributed by atoms with Gasteiger partial charge < -0.3 is 14.6 Å². The molecule has 0 spiro atoms. The number of rotatable bonds is 9. The molecule has 0 radical (unpaired) electrons. The predicted molar refractivity (Wildman–Crippen MR) is 136 cm³/mol. The largest absolute Gasteiger partial charge is 0.392 e. The highest BCUT2D eigenvalue weighted by Gasteiger charge is 2.45. The molecule has 0 aliphatic carbocycles. The molecule has 1 aliphatic rings. The SMILES string of the molecule is CC[C@H]1S[C@@H](c2cccc(CO)c2)[C@H](OCc2ccccc2)[C@@H](OCc2ccccc2)[C@@H]1C. The maximum absolute atomic E-state index is 9.72. The molecular weight excluding hydrogens is 428 g/mol. The summed E-state index contributed by atoms with van der Waals surface area (Å²) in [5.41, 5.74) is 4.47. The number of aliphatic hydroxyl groups excluding tert-OH is 1. The van der Waals surface area contributed by atoms with Gasteiger partial charge in [0.1, 0.15) is 6.10 Å². The third kappa shape index (κ3) is 6.07. The van der Waals surface area contributed by atoms with Gasteiger partial charge in [0, 0.05) is 5.25 Å². The average Bonchev–Trinajstić information content (AvgIpc) is 2.88. The molecule has 3 aromatic carbocycles. The van der Waals surface area contributed by atoms with Gasteiger partial charge in [0.15, 0.2) is 0 Å². The van der Waals surface area contributed by atoms with Crippen molar-refractivity contribution < 1.29 is 14.6 Å². The summed E-state index contributed by atoms with van der Waals surface area (Å²) in [6.45, 7) is 5.73. The number of thioether (sulfide) groups is 1. The molecule has 1 saturated heterocycles. The van der Waals surface area contributed by atoms with Gasteiger partial charge in [0.2, 0.25) is 0 Å². The van der Waals surface area contributed by atoms with E-state index in [1.54, 1.807) is 0 Å². The molecule has 0 aromatic heterocycles. The Balaban J connectivity index is 1.63. The van der Waals surface area contributed by atoms with Crippen LogP contribution in [0.4, 0.5) is 0 Å². The van der Waals surface area contributed by atoms with Crippen LogP contribution >= 0.6 is 11.8 Å². The highest BCUT2D eigenvalue weighted by atomic mass is 32.2. The molecule has 1 aliphatic heterocycles. The summed E-state index contributed by atoms with van der Waals surface area (Å²) in [6, 6.07) is 29.0. The Hall–Kier alpha value is -2.11. The predicted octanol–water partition coefficient (Wildman–Crippen LogP) is 6.55. The van der Waals surface area contributed by atoms with Crippen LogP contribution in [0.25, 0.3) is 0 Å². The molecule has 3 nitrogen and oxygen atoms in total. The lowest BCUT2D eigenvalue weighted by molar-refractivity contribution is -0.112. The van der Waals surface area contributed by atoms with Crippen LogP contribution in [0.2, 0.25) is 0 Å². The lowest BCUT2D eigenvalue weighted by Crippen LogP contribution is -2.48. The van der Waals surface area contributed by atoms with Crippen LogP contribution in [-0.2, 0) is 29.3 Å². The Morgan fingerprint density at radius 3 is 1.91 bits per heavy atom. The summed E-state index contributed by atoms with van der Waals surface area (Å²) < 4.78 is 13.3. The summed E-state index contributed by atoms with van der Waals surface area (Å²) in [6.07, 6.45) is 0.965. The number of benzene rings is 3. The van der Waals surface area contributed by atoms with E-state index < -0.39 is 0 Å². The van der Waals surface area contributed by atoms with Crippen molar-refractivity contribution in [2.24, 2.45) is 5.92 Å². The van der Waals surface area contributed by atoms with E-state index in [1.165, 1.54) is 11.1 Å². The first-order chi connectivity index (χ1) is 16.2. The van der Waals surface area contributed by atoms with Gasteiger partial charge in [0.05, 0.1) is 31.2 Å². The van der Waals surface area contributed by atoms with E-state index in [4.69, 9.17) is 9.47 Å². The Morgan fingerprint density at radius 2 is 1.33 bits per heavy atom. The Morgan fingerprint density at radius 1 is 0.758 bits per heavy atom. The minimum atomic E-state index is -0.0920. The summed E-state index contributed by atoms with van der Waals surface area (Å²) in [4.78, 5) is 0. The standard InChI is InChI=1S/C29H34O3S/c1-3-26-21(2)27(31-19-22-11-6-4-7-12-22)28(32-20-23-13-8-5-9-14-23)29(33-26)25-16-10-15-24(17-25)18-30/h4-17,21,26-30H,3,18-20H2,1-2H3/t21-,26-,27+,28-,29+/m1/s1. The summed E-state index contributed by atoms with van der Waals surface area (Å²) in [5, 5.41) is 10.3. The minimum Gasteiger partial charge on any atom is -0.392 e. The molecule has 4 heteroatoms. The minimum absolute atomic E-state index is 0.0251. The second-order valence-electron chi connectivity index (χ2n) is 8.79. The van der Waals surface area contributed by atoms with Crippen molar-refractivity contribution in [3.8, 4) is 0 Å². The number of aliphatic hydroxyl groups is 1. The van der Waals surface area contributed by atoms with Crippen molar-refractivity contribution in [2.45, 2.75) is 62.8 Å². The number of hydrogen-bond acceptors (Lipinski definition) is 4. The molecule has 0 bridgehead atoms. The maximum atomic E-state index is 9.72. The fraction of sp³-hybridized carbons (Fsp3) is 0.379. The van der Waals surface area contributed by atoms with Gasteiger partial charge in [-0.05, 0) is 34.6 Å². The molecule has 3 aromatic rings. The van der Waals surface area contributed by atoms with Gasteiger partial charge in [-0.1, -0.05) is 98.8 Å². The molecule has 1 N–H and O–H groups in total. The Kier molecular flexibility index (Phi) is 8.63. The molecule has 0 amide bonds. The molecule has 174 valence electrons. The van der Waals surface area contributed by atoms with Crippen molar-refractivity contribution in [3.63, 3.8) is 0 Å². The van der Waals surface area contributed by atoms with Crippen molar-refractivity contribution in [1.29, 1.82) is 0 Å². The number of hydrogen-bond donors (Lipinski definition) is 1. The number of ether oxygens (including phenoxy) is 2. The zero-order valence-electron chi connectivity index (χ0n) is 19.5. The average molecular weight is 463 g/mol. The zero-order chi connectivity index (χ0) is 23.0. The third-order valence-corrected chi connectivity index (χ3v) is 8.43. The summed E-state index contributed by atoms with van der Waals surface area (Å²) in [5.74, 6) is 0.363. The van der Waals surface area contributed by atoms with Gasteiger partial charge >= 0.3 is 0 Å². The second-order valence-corrected chi connectivity index (χ2v) is 10.2. The molecule has 4 rings (SSSR count). The lowest BCUT2D eigenvalue weighted by atomic mass is 9.89. The van der Waals surface area contributed by atoms with Gasteiger partial charge in [-0.3, -0.25) is 0 Å². The van der Waals surface area contributed by atoms with Crippen molar-refractivity contribution in [3.05, 3.63) is 107 Å². The van der Waals surface area contributed by atoms with E-state index in [2.05, 4.69) is 74.5 Å². The summed E-state index contributed by atoms with van der Waals surface area (Å²) in [7, 11) is 0. The summed E-state index contributed by atoms with van der Waals surface area (Å²) >= 11 is 1.99. The molecule has 5 atom stereocenters. The van der Waals surface area contributed by atoms with Gasteiger partial charge in [-0.2, -0.15) is 0 Å². The zero-order valence-corrected chi connectivity index (χ0v) is 20.3. The fourth-order valence-electron chi connectivity index (χ4n) is 4.64. The molecular formula is C29H34O3S. The quantitative estimate of drug-likeness (QED) is 0.391. The van der Waals surface area contributed by atoms with Crippen LogP contribution in [0.5, 0.6) is 0 Å². The second kappa shape index (κ2) is 11.8. The van der Waals surface area contributed by atoms with Crippen LogP contribution in [0, 0.1) is 5.92 Å². The molecule has 0 unspecified atom stereocenters.